The van der Waals surface area contributed by atoms with Crippen molar-refractivity contribution in [3.63, 3.8) is 0 Å². The van der Waals surface area contributed by atoms with Gasteiger partial charge in [-0.1, -0.05) is 12.1 Å². The van der Waals surface area contributed by atoms with E-state index in [9.17, 15) is 0 Å². The number of aromatic nitrogens is 2. The molecule has 0 aliphatic heterocycles. The van der Waals surface area contributed by atoms with E-state index in [4.69, 9.17) is 10.5 Å². The Hall–Kier alpha value is -1.97. The van der Waals surface area contributed by atoms with Crippen LogP contribution in [0.5, 0.6) is 5.75 Å². The number of hydrogen-bond donors (Lipinski definition) is 1. The van der Waals surface area contributed by atoms with Crippen molar-refractivity contribution in [1.29, 1.82) is 0 Å². The molecule has 0 saturated heterocycles. The fourth-order valence-corrected chi connectivity index (χ4v) is 1.68. The zero-order valence-electron chi connectivity index (χ0n) is 10.3. The highest BCUT2D eigenvalue weighted by Gasteiger charge is 2.08. The molecule has 0 aliphatic carbocycles. The van der Waals surface area contributed by atoms with Gasteiger partial charge in [0.05, 0.1) is 12.3 Å². The minimum Gasteiger partial charge on any atom is -0.491 e. The van der Waals surface area contributed by atoms with Gasteiger partial charge < -0.3 is 10.5 Å². The second kappa shape index (κ2) is 4.49. The van der Waals surface area contributed by atoms with Gasteiger partial charge in [0.15, 0.2) is 0 Å². The van der Waals surface area contributed by atoms with Crippen LogP contribution in [0.25, 0.3) is 11.1 Å². The second-order valence-corrected chi connectivity index (χ2v) is 4.26. The van der Waals surface area contributed by atoms with Crippen molar-refractivity contribution in [3.8, 4) is 16.9 Å². The monoisotopic (exact) mass is 231 g/mol. The average molecular weight is 231 g/mol. The predicted octanol–water partition coefficient (Wildman–Crippen LogP) is 2.46. The zero-order valence-corrected chi connectivity index (χ0v) is 10.3. The predicted molar refractivity (Wildman–Crippen MR) is 68.8 cm³/mol. The lowest BCUT2D eigenvalue weighted by Gasteiger charge is -2.10. The van der Waals surface area contributed by atoms with E-state index < -0.39 is 0 Å². The van der Waals surface area contributed by atoms with E-state index in [1.165, 1.54) is 0 Å². The van der Waals surface area contributed by atoms with Gasteiger partial charge in [-0.25, -0.2) is 0 Å². The van der Waals surface area contributed by atoms with Crippen molar-refractivity contribution in [1.82, 2.24) is 9.78 Å². The highest BCUT2D eigenvalue weighted by atomic mass is 16.5. The molecule has 17 heavy (non-hydrogen) atoms. The number of hydrogen-bond acceptors (Lipinski definition) is 3. The number of aryl methyl sites for hydroxylation is 1. The third-order valence-corrected chi connectivity index (χ3v) is 2.50. The van der Waals surface area contributed by atoms with E-state index in [1.807, 2.05) is 45.2 Å². The van der Waals surface area contributed by atoms with Crippen molar-refractivity contribution >= 4 is 5.82 Å². The summed E-state index contributed by atoms with van der Waals surface area (Å²) in [4.78, 5) is 0. The maximum absolute atomic E-state index is 5.95. The molecule has 2 N–H and O–H groups in total. The van der Waals surface area contributed by atoms with Crippen LogP contribution in [0.3, 0.4) is 0 Å². The summed E-state index contributed by atoms with van der Waals surface area (Å²) in [5, 5.41) is 4.13. The van der Waals surface area contributed by atoms with Crippen LogP contribution in [0.4, 0.5) is 5.82 Å². The molecule has 0 aliphatic rings. The maximum atomic E-state index is 5.95. The summed E-state index contributed by atoms with van der Waals surface area (Å²) in [5.74, 6) is 1.51. The van der Waals surface area contributed by atoms with Crippen LogP contribution in [0.15, 0.2) is 30.5 Å². The first-order valence-electron chi connectivity index (χ1n) is 5.62. The van der Waals surface area contributed by atoms with Crippen LogP contribution in [-0.4, -0.2) is 15.9 Å². The van der Waals surface area contributed by atoms with Gasteiger partial charge in [-0.3, -0.25) is 4.68 Å². The van der Waals surface area contributed by atoms with Crippen LogP contribution in [0, 0.1) is 0 Å². The first kappa shape index (κ1) is 11.5. The molecule has 0 unspecified atom stereocenters. The topological polar surface area (TPSA) is 53.1 Å². The van der Waals surface area contributed by atoms with Crippen LogP contribution in [0.1, 0.15) is 13.8 Å². The van der Waals surface area contributed by atoms with Crippen molar-refractivity contribution in [2.24, 2.45) is 7.05 Å². The quantitative estimate of drug-likeness (QED) is 0.882. The van der Waals surface area contributed by atoms with E-state index in [0.717, 1.165) is 16.9 Å². The highest BCUT2D eigenvalue weighted by molar-refractivity contribution is 5.74. The van der Waals surface area contributed by atoms with Gasteiger partial charge in [-0.2, -0.15) is 5.10 Å². The number of nitrogen functional groups attached to an aromatic ring is 1. The molecule has 1 aromatic carbocycles. The van der Waals surface area contributed by atoms with E-state index in [-0.39, 0.29) is 6.10 Å². The highest BCUT2D eigenvalue weighted by Crippen LogP contribution is 2.28. The molecule has 0 atom stereocenters. The lowest BCUT2D eigenvalue weighted by molar-refractivity contribution is 0.242. The lowest BCUT2D eigenvalue weighted by atomic mass is 10.1. The fraction of sp³-hybridized carbons (Fsp3) is 0.308. The molecule has 0 bridgehead atoms. The van der Waals surface area contributed by atoms with Crippen molar-refractivity contribution in [3.05, 3.63) is 30.5 Å². The molecular formula is C13H17N3O. The Labute approximate surface area is 101 Å². The number of nitrogens with two attached hydrogens (primary N) is 1. The van der Waals surface area contributed by atoms with Crippen LogP contribution >= 0.6 is 0 Å². The minimum atomic E-state index is 0.163. The first-order valence-corrected chi connectivity index (χ1v) is 5.62. The van der Waals surface area contributed by atoms with Gasteiger partial charge >= 0.3 is 0 Å². The normalized spacial score (nSPS) is 10.8. The van der Waals surface area contributed by atoms with Crippen LogP contribution in [0.2, 0.25) is 0 Å². The molecule has 0 radical (unpaired) electrons. The van der Waals surface area contributed by atoms with Gasteiger partial charge in [0, 0.05) is 12.6 Å². The number of anilines is 1. The lowest BCUT2D eigenvalue weighted by Crippen LogP contribution is -2.05. The van der Waals surface area contributed by atoms with Gasteiger partial charge in [-0.05, 0) is 31.5 Å². The number of rotatable bonds is 3. The number of nitrogens with zero attached hydrogens (tertiary/aromatic N) is 2. The molecule has 2 rings (SSSR count). The summed E-state index contributed by atoms with van der Waals surface area (Å²) in [5.41, 5.74) is 7.90. The SMILES string of the molecule is CC(C)Oc1cccc(-c2cnn(C)c2N)c1. The molecule has 0 fully saturated rings. The Kier molecular flexibility index (Phi) is 3.04. The summed E-state index contributed by atoms with van der Waals surface area (Å²) in [6.07, 6.45) is 1.93. The largest absolute Gasteiger partial charge is 0.491 e. The van der Waals surface area contributed by atoms with E-state index >= 15 is 0 Å². The molecule has 0 saturated carbocycles. The van der Waals surface area contributed by atoms with Gasteiger partial charge in [0.25, 0.3) is 0 Å². The zero-order chi connectivity index (χ0) is 12.4. The molecule has 0 spiro atoms. The molecule has 2 aromatic rings. The first-order chi connectivity index (χ1) is 8.08. The molecule has 90 valence electrons. The summed E-state index contributed by atoms with van der Waals surface area (Å²) in [6, 6.07) is 7.88. The maximum Gasteiger partial charge on any atom is 0.129 e. The van der Waals surface area contributed by atoms with Crippen LogP contribution < -0.4 is 10.5 Å². The van der Waals surface area contributed by atoms with Crippen molar-refractivity contribution < 1.29 is 4.74 Å². The molecule has 1 aromatic heterocycles. The summed E-state index contributed by atoms with van der Waals surface area (Å²) >= 11 is 0. The van der Waals surface area contributed by atoms with Gasteiger partial charge in [0.2, 0.25) is 0 Å². The third-order valence-electron chi connectivity index (χ3n) is 2.50. The standard InChI is InChI=1S/C13H17N3O/c1-9(2)17-11-6-4-5-10(7-11)12-8-15-16(3)13(12)14/h4-9H,14H2,1-3H3. The van der Waals surface area contributed by atoms with Gasteiger partial charge in [0.1, 0.15) is 11.6 Å². The number of benzene rings is 1. The Bertz CT molecular complexity index is 517. The fourth-order valence-electron chi connectivity index (χ4n) is 1.68. The Morgan fingerprint density at radius 3 is 2.71 bits per heavy atom. The second-order valence-electron chi connectivity index (χ2n) is 4.26. The Morgan fingerprint density at radius 2 is 2.12 bits per heavy atom. The third kappa shape index (κ3) is 2.41. The van der Waals surface area contributed by atoms with Crippen LogP contribution in [-0.2, 0) is 7.05 Å². The molecule has 4 heteroatoms. The molecule has 1 heterocycles. The van der Waals surface area contributed by atoms with E-state index in [1.54, 1.807) is 10.9 Å². The average Bonchev–Trinajstić information content (AvgIpc) is 2.59. The van der Waals surface area contributed by atoms with E-state index in [0.29, 0.717) is 5.82 Å². The van der Waals surface area contributed by atoms with E-state index in [2.05, 4.69) is 5.10 Å². The Balaban J connectivity index is 2.36. The Morgan fingerprint density at radius 1 is 1.35 bits per heavy atom. The summed E-state index contributed by atoms with van der Waals surface area (Å²) < 4.78 is 7.31. The smallest absolute Gasteiger partial charge is 0.129 e. The molecule has 4 nitrogen and oxygen atoms in total. The summed E-state index contributed by atoms with van der Waals surface area (Å²) in [7, 11) is 1.83. The van der Waals surface area contributed by atoms with Crippen molar-refractivity contribution in [2.75, 3.05) is 5.73 Å². The minimum absolute atomic E-state index is 0.163. The van der Waals surface area contributed by atoms with Crippen molar-refractivity contribution in [2.45, 2.75) is 20.0 Å². The molecular weight excluding hydrogens is 214 g/mol. The van der Waals surface area contributed by atoms with Gasteiger partial charge in [-0.15, -0.1) is 0 Å². The summed E-state index contributed by atoms with van der Waals surface area (Å²) in [6.45, 7) is 4.01. The number of ether oxygens (including phenoxy) is 1. The molecule has 0 amide bonds.